The lowest BCUT2D eigenvalue weighted by Crippen LogP contribution is -2.44. The van der Waals surface area contributed by atoms with Crippen LogP contribution in [0.3, 0.4) is 0 Å². The van der Waals surface area contributed by atoms with Crippen molar-refractivity contribution in [1.29, 1.82) is 0 Å². The molecule has 116 valence electrons. The second-order valence-electron chi connectivity index (χ2n) is 5.45. The first-order chi connectivity index (χ1) is 9.93. The molecule has 5 heteroatoms. The summed E-state index contributed by atoms with van der Waals surface area (Å²) in [5.41, 5.74) is 0.551. The van der Waals surface area contributed by atoms with Crippen molar-refractivity contribution in [2.24, 2.45) is 5.92 Å². The Labute approximate surface area is 125 Å². The first-order valence-electron chi connectivity index (χ1n) is 7.28. The van der Waals surface area contributed by atoms with E-state index in [1.807, 2.05) is 6.92 Å². The maximum Gasteiger partial charge on any atom is 0.330 e. The van der Waals surface area contributed by atoms with E-state index in [2.05, 4.69) is 24.5 Å². The van der Waals surface area contributed by atoms with Gasteiger partial charge in [0.2, 0.25) is 0 Å². The van der Waals surface area contributed by atoms with E-state index in [0.717, 1.165) is 12.8 Å². The largest absolute Gasteiger partial charge is 0.479 e. The molecule has 0 aliphatic heterocycles. The van der Waals surface area contributed by atoms with Crippen LogP contribution in [-0.4, -0.2) is 23.1 Å². The zero-order chi connectivity index (χ0) is 15.8. The molecule has 0 aliphatic carbocycles. The highest BCUT2D eigenvalue weighted by Crippen LogP contribution is 2.13. The third-order valence-electron chi connectivity index (χ3n) is 3.49. The number of hydrogen-bond acceptors (Lipinski definition) is 2. The minimum atomic E-state index is -1.08. The van der Waals surface area contributed by atoms with E-state index in [1.54, 1.807) is 30.3 Å². The molecular formula is C16H24N2O3. The quantitative estimate of drug-likeness (QED) is 0.723. The van der Waals surface area contributed by atoms with Crippen molar-refractivity contribution >= 4 is 12.0 Å². The van der Waals surface area contributed by atoms with Crippen LogP contribution < -0.4 is 10.6 Å². The van der Waals surface area contributed by atoms with E-state index < -0.39 is 18.0 Å². The van der Waals surface area contributed by atoms with Gasteiger partial charge in [-0.2, -0.15) is 0 Å². The summed E-state index contributed by atoms with van der Waals surface area (Å²) in [4.78, 5) is 23.2. The Hall–Kier alpha value is -2.04. The molecule has 21 heavy (non-hydrogen) atoms. The van der Waals surface area contributed by atoms with Gasteiger partial charge in [-0.05, 0) is 24.8 Å². The predicted molar refractivity (Wildman–Crippen MR) is 82.0 cm³/mol. The molecule has 3 N–H and O–H groups in total. The number of carboxylic acid groups (broad SMARTS) is 1. The van der Waals surface area contributed by atoms with Gasteiger partial charge in [0, 0.05) is 6.04 Å². The molecule has 0 bridgehead atoms. The number of urea groups is 1. The Bertz CT molecular complexity index is 462. The van der Waals surface area contributed by atoms with Crippen LogP contribution in [-0.2, 0) is 4.79 Å². The van der Waals surface area contributed by atoms with E-state index >= 15 is 0 Å². The molecule has 1 aromatic rings. The number of rotatable bonds is 7. The lowest BCUT2D eigenvalue weighted by atomic mass is 10.0. The minimum absolute atomic E-state index is 0.00479. The molecule has 0 radical (unpaired) electrons. The van der Waals surface area contributed by atoms with Crippen LogP contribution >= 0.6 is 0 Å². The average Bonchev–Trinajstić information content (AvgIpc) is 2.45. The Morgan fingerprint density at radius 2 is 1.76 bits per heavy atom. The number of nitrogens with one attached hydrogen (secondary N) is 2. The summed E-state index contributed by atoms with van der Waals surface area (Å²) in [5, 5.41) is 14.5. The summed E-state index contributed by atoms with van der Waals surface area (Å²) in [6, 6.07) is 7.17. The highest BCUT2D eigenvalue weighted by molar-refractivity contribution is 5.83. The molecule has 0 saturated heterocycles. The summed E-state index contributed by atoms with van der Waals surface area (Å²) in [5.74, 6) is -0.560. The van der Waals surface area contributed by atoms with E-state index in [1.165, 1.54) is 0 Å². The molecule has 2 unspecified atom stereocenters. The smallest absolute Gasteiger partial charge is 0.330 e. The molecule has 0 fully saturated rings. The van der Waals surface area contributed by atoms with Gasteiger partial charge in [-0.25, -0.2) is 9.59 Å². The van der Waals surface area contributed by atoms with Gasteiger partial charge >= 0.3 is 12.0 Å². The molecule has 0 aliphatic rings. The molecular weight excluding hydrogens is 268 g/mol. The minimum Gasteiger partial charge on any atom is -0.479 e. The molecule has 3 atom stereocenters. The molecule has 0 aromatic heterocycles. The maximum atomic E-state index is 11.9. The van der Waals surface area contributed by atoms with Crippen LogP contribution in [0, 0.1) is 5.92 Å². The second-order valence-corrected chi connectivity index (χ2v) is 5.45. The SMILES string of the molecule is CCC(C)CC(C)NC(=O)N[C@H](C(=O)O)c1ccccc1. The number of carbonyl (C=O) groups excluding carboxylic acids is 1. The van der Waals surface area contributed by atoms with Crippen molar-refractivity contribution in [2.75, 3.05) is 0 Å². The molecule has 2 amide bonds. The van der Waals surface area contributed by atoms with Crippen molar-refractivity contribution < 1.29 is 14.7 Å². The summed E-state index contributed by atoms with van der Waals surface area (Å²) in [7, 11) is 0. The topological polar surface area (TPSA) is 78.4 Å². The molecule has 1 rings (SSSR count). The Morgan fingerprint density at radius 1 is 1.14 bits per heavy atom. The maximum absolute atomic E-state index is 11.9. The van der Waals surface area contributed by atoms with Crippen molar-refractivity contribution in [3.05, 3.63) is 35.9 Å². The molecule has 0 heterocycles. The van der Waals surface area contributed by atoms with Gasteiger partial charge in [0.05, 0.1) is 0 Å². The van der Waals surface area contributed by atoms with E-state index in [-0.39, 0.29) is 6.04 Å². The normalized spacial score (nSPS) is 14.8. The Kier molecular flexibility index (Phi) is 6.72. The van der Waals surface area contributed by atoms with Gasteiger partial charge in [-0.1, -0.05) is 50.6 Å². The van der Waals surface area contributed by atoms with E-state index in [0.29, 0.717) is 11.5 Å². The van der Waals surface area contributed by atoms with Crippen LogP contribution in [0.5, 0.6) is 0 Å². The van der Waals surface area contributed by atoms with Crippen LogP contribution in [0.15, 0.2) is 30.3 Å². The molecule has 1 aromatic carbocycles. The van der Waals surface area contributed by atoms with Crippen LogP contribution in [0.25, 0.3) is 0 Å². The number of carbonyl (C=O) groups is 2. The van der Waals surface area contributed by atoms with Crippen LogP contribution in [0.4, 0.5) is 4.79 Å². The molecule has 0 saturated carbocycles. The standard InChI is InChI=1S/C16H24N2O3/c1-4-11(2)10-12(3)17-16(21)18-14(15(19)20)13-8-6-5-7-9-13/h5-9,11-12,14H,4,10H2,1-3H3,(H,19,20)(H2,17,18,21)/t11?,12?,14-/m0/s1. The van der Waals surface area contributed by atoms with Crippen molar-refractivity contribution in [3.8, 4) is 0 Å². The molecule has 0 spiro atoms. The first kappa shape index (κ1) is 17.0. The third kappa shape index (κ3) is 5.85. The first-order valence-corrected chi connectivity index (χ1v) is 7.28. The van der Waals surface area contributed by atoms with Gasteiger partial charge in [0.25, 0.3) is 0 Å². The molecule has 5 nitrogen and oxygen atoms in total. The van der Waals surface area contributed by atoms with Crippen LogP contribution in [0.2, 0.25) is 0 Å². The zero-order valence-electron chi connectivity index (χ0n) is 12.8. The highest BCUT2D eigenvalue weighted by atomic mass is 16.4. The number of hydrogen-bond donors (Lipinski definition) is 3. The number of benzene rings is 1. The van der Waals surface area contributed by atoms with E-state index in [9.17, 15) is 14.7 Å². The Morgan fingerprint density at radius 3 is 2.29 bits per heavy atom. The number of amides is 2. The van der Waals surface area contributed by atoms with Crippen molar-refractivity contribution in [1.82, 2.24) is 10.6 Å². The highest BCUT2D eigenvalue weighted by Gasteiger charge is 2.22. The summed E-state index contributed by atoms with van der Waals surface area (Å²) in [6.07, 6.45) is 1.92. The predicted octanol–water partition coefficient (Wildman–Crippen LogP) is 2.94. The number of aliphatic carboxylic acids is 1. The third-order valence-corrected chi connectivity index (χ3v) is 3.49. The monoisotopic (exact) mass is 292 g/mol. The van der Waals surface area contributed by atoms with Gasteiger partial charge < -0.3 is 15.7 Å². The van der Waals surface area contributed by atoms with Gasteiger partial charge in [-0.15, -0.1) is 0 Å². The lowest BCUT2D eigenvalue weighted by Gasteiger charge is -2.20. The fourth-order valence-corrected chi connectivity index (χ4v) is 2.16. The van der Waals surface area contributed by atoms with Crippen molar-refractivity contribution in [2.45, 2.75) is 45.7 Å². The van der Waals surface area contributed by atoms with Gasteiger partial charge in [0.1, 0.15) is 0 Å². The van der Waals surface area contributed by atoms with Gasteiger partial charge in [0.15, 0.2) is 6.04 Å². The Balaban J connectivity index is 2.60. The van der Waals surface area contributed by atoms with E-state index in [4.69, 9.17) is 0 Å². The summed E-state index contributed by atoms with van der Waals surface area (Å²) in [6.45, 7) is 6.15. The lowest BCUT2D eigenvalue weighted by molar-refractivity contribution is -0.139. The summed E-state index contributed by atoms with van der Waals surface area (Å²) >= 11 is 0. The fraction of sp³-hybridized carbons (Fsp3) is 0.500. The van der Waals surface area contributed by atoms with Crippen molar-refractivity contribution in [3.63, 3.8) is 0 Å². The number of carboxylic acids is 1. The average molecular weight is 292 g/mol. The zero-order valence-corrected chi connectivity index (χ0v) is 12.8. The second kappa shape index (κ2) is 8.29. The summed E-state index contributed by atoms with van der Waals surface area (Å²) < 4.78 is 0. The van der Waals surface area contributed by atoms with Gasteiger partial charge in [-0.3, -0.25) is 0 Å². The van der Waals surface area contributed by atoms with Crippen LogP contribution in [0.1, 0.15) is 45.2 Å². The fourth-order valence-electron chi connectivity index (χ4n) is 2.16.